The molecule has 0 N–H and O–H groups in total. The molecule has 0 aliphatic heterocycles. The molecule has 1 saturated carbocycles. The zero-order valence-electron chi connectivity index (χ0n) is 14.5. The second kappa shape index (κ2) is 6.99. The summed E-state index contributed by atoms with van der Waals surface area (Å²) in [6.07, 6.45) is -1.96. The van der Waals surface area contributed by atoms with E-state index < -0.39 is 27.5 Å². The number of carbonyl (C=O) groups excluding carboxylic acids is 1. The molecule has 0 atom stereocenters. The summed E-state index contributed by atoms with van der Waals surface area (Å²) in [5, 5.41) is 0. The van der Waals surface area contributed by atoms with Gasteiger partial charge in [-0.2, -0.15) is 13.2 Å². The van der Waals surface area contributed by atoms with Gasteiger partial charge in [0.15, 0.2) is 9.84 Å². The third-order valence-electron chi connectivity index (χ3n) is 4.44. The average Bonchev–Trinajstić information content (AvgIpc) is 3.43. The van der Waals surface area contributed by atoms with Gasteiger partial charge in [-0.05, 0) is 48.7 Å². The largest absolute Gasteiger partial charge is 0.416 e. The van der Waals surface area contributed by atoms with Crippen LogP contribution in [-0.2, 0) is 22.6 Å². The number of carbonyl (C=O) groups is 1. The Morgan fingerprint density at radius 2 is 1.67 bits per heavy atom. The van der Waals surface area contributed by atoms with Crippen LogP contribution in [0.2, 0.25) is 0 Å². The maximum absolute atomic E-state index is 13.2. The van der Waals surface area contributed by atoms with Gasteiger partial charge >= 0.3 is 6.18 Å². The summed E-state index contributed by atoms with van der Waals surface area (Å²) in [6, 6.07) is 10.6. The zero-order valence-corrected chi connectivity index (χ0v) is 15.3. The molecule has 4 nitrogen and oxygen atoms in total. The Bertz CT molecular complexity index is 949. The van der Waals surface area contributed by atoms with Gasteiger partial charge in [0.2, 0.25) is 0 Å². The molecular formula is C19H18F3NO3S. The van der Waals surface area contributed by atoms with Gasteiger partial charge in [0.1, 0.15) is 0 Å². The van der Waals surface area contributed by atoms with Gasteiger partial charge in [-0.25, -0.2) is 8.42 Å². The molecule has 2 aromatic rings. The van der Waals surface area contributed by atoms with E-state index in [-0.39, 0.29) is 28.6 Å². The van der Waals surface area contributed by atoms with Crippen LogP contribution in [0, 0.1) is 0 Å². The molecule has 0 spiro atoms. The maximum Gasteiger partial charge on any atom is 0.416 e. The zero-order chi connectivity index (χ0) is 19.8. The predicted molar refractivity (Wildman–Crippen MR) is 93.9 cm³/mol. The second-order valence-corrected chi connectivity index (χ2v) is 8.63. The highest BCUT2D eigenvalue weighted by Crippen LogP contribution is 2.35. The van der Waals surface area contributed by atoms with Gasteiger partial charge in [0.05, 0.1) is 10.5 Å². The van der Waals surface area contributed by atoms with Crippen LogP contribution in [0.5, 0.6) is 0 Å². The lowest BCUT2D eigenvalue weighted by atomic mass is 10.1. The molecule has 144 valence electrons. The fourth-order valence-corrected chi connectivity index (χ4v) is 3.51. The summed E-state index contributed by atoms with van der Waals surface area (Å²) in [6.45, 7) is -0.146. The number of nitrogens with zero attached hydrogens (tertiary/aromatic N) is 1. The number of alkyl halides is 3. The number of amides is 1. The van der Waals surface area contributed by atoms with Crippen molar-refractivity contribution in [2.45, 2.75) is 36.5 Å². The molecule has 0 unspecified atom stereocenters. The topological polar surface area (TPSA) is 54.5 Å². The fourth-order valence-electron chi connectivity index (χ4n) is 2.88. The SMILES string of the molecule is CS(=O)(=O)c1ccc(C(=O)N(Cc2ccccc2C(F)(F)F)C2CC2)cc1. The molecule has 0 radical (unpaired) electrons. The lowest BCUT2D eigenvalue weighted by Gasteiger charge is -2.24. The van der Waals surface area contributed by atoms with Crippen molar-refractivity contribution in [3.8, 4) is 0 Å². The Balaban J connectivity index is 1.88. The van der Waals surface area contributed by atoms with E-state index in [1.165, 1.54) is 47.4 Å². The van der Waals surface area contributed by atoms with Crippen molar-refractivity contribution in [2.24, 2.45) is 0 Å². The number of hydrogen-bond acceptors (Lipinski definition) is 3. The van der Waals surface area contributed by atoms with E-state index in [1.54, 1.807) is 0 Å². The van der Waals surface area contributed by atoms with Gasteiger partial charge in [-0.3, -0.25) is 4.79 Å². The minimum Gasteiger partial charge on any atom is -0.331 e. The third kappa shape index (κ3) is 4.50. The molecule has 1 aliphatic rings. The van der Waals surface area contributed by atoms with Crippen LogP contribution in [0.4, 0.5) is 13.2 Å². The van der Waals surface area contributed by atoms with E-state index in [4.69, 9.17) is 0 Å². The molecule has 0 bridgehead atoms. The highest BCUT2D eigenvalue weighted by molar-refractivity contribution is 7.90. The molecular weight excluding hydrogens is 379 g/mol. The van der Waals surface area contributed by atoms with Crippen LogP contribution in [0.1, 0.15) is 34.3 Å². The quantitative estimate of drug-likeness (QED) is 0.769. The van der Waals surface area contributed by atoms with Gasteiger partial charge in [-0.15, -0.1) is 0 Å². The molecule has 1 amide bonds. The van der Waals surface area contributed by atoms with Crippen LogP contribution >= 0.6 is 0 Å². The first-order valence-corrected chi connectivity index (χ1v) is 10.2. The van der Waals surface area contributed by atoms with E-state index in [0.29, 0.717) is 0 Å². The van der Waals surface area contributed by atoms with Crippen molar-refractivity contribution in [1.82, 2.24) is 4.90 Å². The Morgan fingerprint density at radius 1 is 1.07 bits per heavy atom. The molecule has 1 fully saturated rings. The van der Waals surface area contributed by atoms with Crippen molar-refractivity contribution >= 4 is 15.7 Å². The number of hydrogen-bond donors (Lipinski definition) is 0. The van der Waals surface area contributed by atoms with Crippen LogP contribution in [0.25, 0.3) is 0 Å². The van der Waals surface area contributed by atoms with Gasteiger partial charge in [-0.1, -0.05) is 18.2 Å². The molecule has 0 aromatic heterocycles. The van der Waals surface area contributed by atoms with Crippen LogP contribution in [0.15, 0.2) is 53.4 Å². The number of sulfone groups is 1. The van der Waals surface area contributed by atoms with E-state index in [2.05, 4.69) is 0 Å². The molecule has 27 heavy (non-hydrogen) atoms. The van der Waals surface area contributed by atoms with E-state index in [9.17, 15) is 26.4 Å². The number of rotatable bonds is 5. The van der Waals surface area contributed by atoms with Crippen LogP contribution in [-0.4, -0.2) is 31.5 Å². The summed E-state index contributed by atoms with van der Waals surface area (Å²) in [7, 11) is -3.39. The normalized spacial score (nSPS) is 14.8. The Morgan fingerprint density at radius 3 is 2.19 bits per heavy atom. The van der Waals surface area contributed by atoms with E-state index in [0.717, 1.165) is 25.2 Å². The molecule has 0 saturated heterocycles. The average molecular weight is 397 g/mol. The summed E-state index contributed by atoms with van der Waals surface area (Å²) < 4.78 is 62.8. The molecule has 3 rings (SSSR count). The second-order valence-electron chi connectivity index (χ2n) is 6.62. The first-order valence-electron chi connectivity index (χ1n) is 8.33. The first kappa shape index (κ1) is 19.4. The minimum atomic E-state index is -4.49. The highest BCUT2D eigenvalue weighted by Gasteiger charge is 2.37. The van der Waals surface area contributed by atoms with Crippen molar-refractivity contribution in [3.05, 3.63) is 65.2 Å². The van der Waals surface area contributed by atoms with Crippen molar-refractivity contribution in [2.75, 3.05) is 6.26 Å². The first-order chi connectivity index (χ1) is 12.6. The lowest BCUT2D eigenvalue weighted by molar-refractivity contribution is -0.138. The molecule has 8 heteroatoms. The highest BCUT2D eigenvalue weighted by atomic mass is 32.2. The Labute approximate surface area is 155 Å². The van der Waals surface area contributed by atoms with Gasteiger partial charge < -0.3 is 4.90 Å². The van der Waals surface area contributed by atoms with E-state index >= 15 is 0 Å². The molecule has 1 aliphatic carbocycles. The van der Waals surface area contributed by atoms with Crippen LogP contribution < -0.4 is 0 Å². The van der Waals surface area contributed by atoms with Gasteiger partial charge in [0, 0.05) is 24.4 Å². The summed E-state index contributed by atoms with van der Waals surface area (Å²) in [4.78, 5) is 14.4. The minimum absolute atomic E-state index is 0.0398. The summed E-state index contributed by atoms with van der Waals surface area (Å²) >= 11 is 0. The fraction of sp³-hybridized carbons (Fsp3) is 0.316. The van der Waals surface area contributed by atoms with Gasteiger partial charge in [0.25, 0.3) is 5.91 Å². The molecule has 0 heterocycles. The van der Waals surface area contributed by atoms with E-state index in [1.807, 2.05) is 0 Å². The predicted octanol–water partition coefficient (Wildman–Crippen LogP) is 3.91. The number of halogens is 3. The smallest absolute Gasteiger partial charge is 0.331 e. The Kier molecular flexibility index (Phi) is 5.03. The summed E-state index contributed by atoms with van der Waals surface area (Å²) in [5.41, 5.74) is -0.465. The van der Waals surface area contributed by atoms with Crippen LogP contribution in [0.3, 0.4) is 0 Å². The lowest BCUT2D eigenvalue weighted by Crippen LogP contribution is -2.33. The third-order valence-corrected chi connectivity index (χ3v) is 5.57. The standard InChI is InChI=1S/C19H18F3NO3S/c1-27(25,26)16-10-6-13(7-11-16)18(24)23(15-8-9-15)12-14-4-2-3-5-17(14)19(20,21)22/h2-7,10-11,15H,8-9,12H2,1H3. The monoisotopic (exact) mass is 397 g/mol. The maximum atomic E-state index is 13.2. The molecule has 2 aromatic carbocycles. The van der Waals surface area contributed by atoms with Crippen molar-refractivity contribution in [1.29, 1.82) is 0 Å². The summed E-state index contributed by atoms with van der Waals surface area (Å²) in [5.74, 6) is -0.408. The van der Waals surface area contributed by atoms with Crippen molar-refractivity contribution < 1.29 is 26.4 Å². The Hall–Kier alpha value is -2.35. The number of benzene rings is 2. The van der Waals surface area contributed by atoms with Crippen molar-refractivity contribution in [3.63, 3.8) is 0 Å².